The van der Waals surface area contributed by atoms with E-state index in [0.717, 1.165) is 41.8 Å². The number of carbonyl (C=O) groups is 2. The Bertz CT molecular complexity index is 1370. The molecule has 1 unspecified atom stereocenters. The molecule has 2 N–H and O–H groups in total. The lowest BCUT2D eigenvalue weighted by molar-refractivity contribution is 0.0692. The van der Waals surface area contributed by atoms with Crippen molar-refractivity contribution in [1.29, 1.82) is 0 Å². The summed E-state index contributed by atoms with van der Waals surface area (Å²) in [6.45, 7) is 3.87. The standard InChI is InChI=1S/C24H26N6O3/c1-3-30-19-9-5-4-7-15(19)12-20(30)22-27-18-11-16(13-25-21(18)28(22)2)23(31)29-10-6-8-17(14-29)26-24(32)33/h4-5,7,9,11-13,17,26H,3,6,8,10,14H2,1-2H3,(H,32,33). The van der Waals surface area contributed by atoms with E-state index in [4.69, 9.17) is 10.1 Å². The number of hydrogen-bond donors (Lipinski definition) is 2. The second kappa shape index (κ2) is 8.23. The largest absolute Gasteiger partial charge is 0.465 e. The third kappa shape index (κ3) is 3.69. The second-order valence-corrected chi connectivity index (χ2v) is 8.43. The molecular weight excluding hydrogens is 420 g/mol. The molecular formula is C24H26N6O3. The fourth-order valence-electron chi connectivity index (χ4n) is 4.80. The van der Waals surface area contributed by atoms with Crippen molar-refractivity contribution in [3.63, 3.8) is 0 Å². The molecule has 4 heterocycles. The minimum atomic E-state index is -1.07. The van der Waals surface area contributed by atoms with Gasteiger partial charge in [-0.2, -0.15) is 0 Å². The van der Waals surface area contributed by atoms with Crippen LogP contribution in [0.4, 0.5) is 4.79 Å². The van der Waals surface area contributed by atoms with E-state index >= 15 is 0 Å². The maximum atomic E-state index is 13.1. The number of piperidine rings is 1. The first-order valence-electron chi connectivity index (χ1n) is 11.2. The minimum absolute atomic E-state index is 0.156. The molecule has 4 aromatic rings. The van der Waals surface area contributed by atoms with Gasteiger partial charge in [0.25, 0.3) is 5.91 Å². The number of likely N-dealkylation sites (tertiary alicyclic amines) is 1. The van der Waals surface area contributed by atoms with E-state index in [-0.39, 0.29) is 11.9 Å². The van der Waals surface area contributed by atoms with Crippen LogP contribution in [0, 0.1) is 0 Å². The van der Waals surface area contributed by atoms with E-state index in [1.807, 2.05) is 23.7 Å². The molecule has 0 spiro atoms. The molecule has 1 aliphatic rings. The Labute approximate surface area is 190 Å². The minimum Gasteiger partial charge on any atom is -0.465 e. The Balaban J connectivity index is 1.49. The van der Waals surface area contributed by atoms with Crippen molar-refractivity contribution < 1.29 is 14.7 Å². The number of rotatable bonds is 4. The van der Waals surface area contributed by atoms with Gasteiger partial charge >= 0.3 is 6.09 Å². The summed E-state index contributed by atoms with van der Waals surface area (Å²) in [7, 11) is 1.93. The lowest BCUT2D eigenvalue weighted by Crippen LogP contribution is -2.49. The smallest absolute Gasteiger partial charge is 0.404 e. The highest BCUT2D eigenvalue weighted by molar-refractivity contribution is 5.97. The number of para-hydroxylation sites is 1. The first-order valence-corrected chi connectivity index (χ1v) is 11.2. The predicted molar refractivity (Wildman–Crippen MR) is 125 cm³/mol. The van der Waals surface area contributed by atoms with E-state index in [1.165, 1.54) is 0 Å². The summed E-state index contributed by atoms with van der Waals surface area (Å²) in [6.07, 6.45) is 1.99. The molecule has 0 radical (unpaired) electrons. The molecule has 1 aromatic carbocycles. The van der Waals surface area contributed by atoms with Crippen LogP contribution in [-0.2, 0) is 13.6 Å². The highest BCUT2D eigenvalue weighted by atomic mass is 16.4. The Morgan fingerprint density at radius 3 is 2.85 bits per heavy atom. The zero-order valence-corrected chi connectivity index (χ0v) is 18.7. The van der Waals surface area contributed by atoms with Crippen LogP contribution in [0.2, 0.25) is 0 Å². The van der Waals surface area contributed by atoms with Crippen LogP contribution in [0.1, 0.15) is 30.1 Å². The van der Waals surface area contributed by atoms with Gasteiger partial charge in [0.1, 0.15) is 5.52 Å². The SMILES string of the molecule is CCn1c(-c2nc3cc(C(=O)N4CCCC(NC(=O)O)C4)cnc3n2C)cc2ccccc21. The summed E-state index contributed by atoms with van der Waals surface area (Å²) in [5.41, 5.74) is 3.98. The second-order valence-electron chi connectivity index (χ2n) is 8.43. The van der Waals surface area contributed by atoms with Crippen LogP contribution < -0.4 is 5.32 Å². The molecule has 33 heavy (non-hydrogen) atoms. The monoisotopic (exact) mass is 446 g/mol. The number of carbonyl (C=O) groups excluding carboxylic acids is 1. The third-order valence-electron chi connectivity index (χ3n) is 6.35. The number of nitrogens with zero attached hydrogens (tertiary/aromatic N) is 5. The molecule has 1 fully saturated rings. The summed E-state index contributed by atoms with van der Waals surface area (Å²) >= 11 is 0. The van der Waals surface area contributed by atoms with Crippen molar-refractivity contribution in [2.45, 2.75) is 32.4 Å². The highest BCUT2D eigenvalue weighted by Crippen LogP contribution is 2.29. The zero-order chi connectivity index (χ0) is 23.1. The highest BCUT2D eigenvalue weighted by Gasteiger charge is 2.26. The average molecular weight is 447 g/mol. The molecule has 2 amide bonds. The Morgan fingerprint density at radius 2 is 2.06 bits per heavy atom. The maximum absolute atomic E-state index is 13.1. The fourth-order valence-corrected chi connectivity index (χ4v) is 4.80. The van der Waals surface area contributed by atoms with E-state index in [9.17, 15) is 9.59 Å². The van der Waals surface area contributed by atoms with Crippen molar-refractivity contribution >= 4 is 34.1 Å². The van der Waals surface area contributed by atoms with E-state index < -0.39 is 6.09 Å². The molecule has 9 heteroatoms. The molecule has 3 aromatic heterocycles. The summed E-state index contributed by atoms with van der Waals surface area (Å²) in [5.74, 6) is 0.639. The van der Waals surface area contributed by atoms with Gasteiger partial charge in [0.15, 0.2) is 11.5 Å². The number of aromatic nitrogens is 4. The molecule has 1 atom stereocenters. The van der Waals surface area contributed by atoms with Gasteiger partial charge in [-0.15, -0.1) is 0 Å². The molecule has 5 rings (SSSR count). The average Bonchev–Trinajstić information content (AvgIpc) is 3.35. The summed E-state index contributed by atoms with van der Waals surface area (Å²) in [4.78, 5) is 35.2. The van der Waals surface area contributed by atoms with Crippen molar-refractivity contribution in [2.75, 3.05) is 13.1 Å². The number of fused-ring (bicyclic) bond motifs is 2. The van der Waals surface area contributed by atoms with Gasteiger partial charge < -0.3 is 24.5 Å². The number of imidazole rings is 1. The van der Waals surface area contributed by atoms with Gasteiger partial charge in [0.2, 0.25) is 0 Å². The summed E-state index contributed by atoms with van der Waals surface area (Å²) in [6, 6.07) is 11.9. The first-order chi connectivity index (χ1) is 16.0. The fraction of sp³-hybridized carbons (Fsp3) is 0.333. The van der Waals surface area contributed by atoms with Crippen molar-refractivity contribution in [2.24, 2.45) is 7.05 Å². The van der Waals surface area contributed by atoms with E-state index in [2.05, 4.69) is 40.0 Å². The zero-order valence-electron chi connectivity index (χ0n) is 18.7. The maximum Gasteiger partial charge on any atom is 0.404 e. The molecule has 0 saturated carbocycles. The number of aryl methyl sites for hydroxylation is 2. The van der Waals surface area contributed by atoms with Crippen molar-refractivity contribution in [1.82, 2.24) is 29.3 Å². The molecule has 9 nitrogen and oxygen atoms in total. The molecule has 0 bridgehead atoms. The van der Waals surface area contributed by atoms with Gasteiger partial charge in [-0.25, -0.2) is 14.8 Å². The Kier molecular flexibility index (Phi) is 5.24. The van der Waals surface area contributed by atoms with Gasteiger partial charge in [-0.1, -0.05) is 18.2 Å². The Morgan fingerprint density at radius 1 is 1.24 bits per heavy atom. The predicted octanol–water partition coefficient (Wildman–Crippen LogP) is 3.48. The molecule has 170 valence electrons. The lowest BCUT2D eigenvalue weighted by atomic mass is 10.0. The van der Waals surface area contributed by atoms with Crippen molar-refractivity contribution in [3.05, 3.63) is 48.2 Å². The molecule has 0 aliphatic carbocycles. The number of hydrogen-bond acceptors (Lipinski definition) is 4. The number of amides is 2. The van der Waals surface area contributed by atoms with Crippen LogP contribution in [0.25, 0.3) is 33.6 Å². The van der Waals surface area contributed by atoms with E-state index in [1.54, 1.807) is 17.2 Å². The number of benzene rings is 1. The number of carboxylic acid groups (broad SMARTS) is 1. The van der Waals surface area contributed by atoms with Crippen LogP contribution >= 0.6 is 0 Å². The Hall–Kier alpha value is -3.88. The normalized spacial score (nSPS) is 16.4. The third-order valence-corrected chi connectivity index (χ3v) is 6.35. The van der Waals surface area contributed by atoms with Crippen LogP contribution in [0.3, 0.4) is 0 Å². The number of nitrogens with one attached hydrogen (secondary N) is 1. The first kappa shape index (κ1) is 21.0. The van der Waals surface area contributed by atoms with Gasteiger partial charge in [-0.3, -0.25) is 4.79 Å². The molecule has 1 saturated heterocycles. The topological polar surface area (TPSA) is 105 Å². The van der Waals surface area contributed by atoms with Gasteiger partial charge in [-0.05, 0) is 38.0 Å². The van der Waals surface area contributed by atoms with Crippen molar-refractivity contribution in [3.8, 4) is 11.5 Å². The van der Waals surface area contributed by atoms with Gasteiger partial charge in [0, 0.05) is 49.8 Å². The number of pyridine rings is 1. The quantitative estimate of drug-likeness (QED) is 0.499. The summed E-state index contributed by atoms with van der Waals surface area (Å²) in [5, 5.41) is 12.6. The lowest BCUT2D eigenvalue weighted by Gasteiger charge is -2.32. The van der Waals surface area contributed by atoms with Crippen LogP contribution in [0.5, 0.6) is 0 Å². The molecule has 1 aliphatic heterocycles. The van der Waals surface area contributed by atoms with Crippen LogP contribution in [-0.4, -0.2) is 60.2 Å². The summed E-state index contributed by atoms with van der Waals surface area (Å²) < 4.78 is 4.18. The van der Waals surface area contributed by atoms with Crippen LogP contribution in [0.15, 0.2) is 42.6 Å². The van der Waals surface area contributed by atoms with Gasteiger partial charge in [0.05, 0.1) is 11.3 Å². The van der Waals surface area contributed by atoms with E-state index in [0.29, 0.717) is 29.8 Å².